The van der Waals surface area contributed by atoms with E-state index < -0.39 is 0 Å². The molecular weight excluding hydrogens is 308 g/mol. The van der Waals surface area contributed by atoms with E-state index in [4.69, 9.17) is 0 Å². The molecule has 0 bridgehead atoms. The van der Waals surface area contributed by atoms with Gasteiger partial charge in [0.15, 0.2) is 0 Å². The van der Waals surface area contributed by atoms with Crippen molar-refractivity contribution in [3.05, 3.63) is 77.4 Å². The highest BCUT2D eigenvalue weighted by Gasteiger charge is 2.12. The quantitative estimate of drug-likeness (QED) is 0.810. The van der Waals surface area contributed by atoms with Crippen LogP contribution in [0.15, 0.2) is 60.7 Å². The van der Waals surface area contributed by atoms with Crippen LogP contribution in [0.3, 0.4) is 0 Å². The van der Waals surface area contributed by atoms with E-state index in [1.807, 2.05) is 42.5 Å². The van der Waals surface area contributed by atoms with Gasteiger partial charge in [-0.15, -0.1) is 0 Å². The zero-order chi connectivity index (χ0) is 17.3. The van der Waals surface area contributed by atoms with Gasteiger partial charge in [0.05, 0.1) is 0 Å². The van der Waals surface area contributed by atoms with Gasteiger partial charge in [-0.05, 0) is 48.7 Å². The third-order valence-electron chi connectivity index (χ3n) is 4.64. The lowest BCUT2D eigenvalue weighted by Crippen LogP contribution is -2.30. The highest BCUT2D eigenvalue weighted by atomic mass is 16.1. The number of carbonyl (C=O) groups is 1. The summed E-state index contributed by atoms with van der Waals surface area (Å²) in [6, 6.07) is 18.3. The van der Waals surface area contributed by atoms with Gasteiger partial charge in [-0.1, -0.05) is 61.0 Å². The molecule has 3 heteroatoms. The molecule has 0 atom stereocenters. The van der Waals surface area contributed by atoms with Gasteiger partial charge in [-0.25, -0.2) is 0 Å². The Morgan fingerprint density at radius 2 is 1.60 bits per heavy atom. The first-order valence-corrected chi connectivity index (χ1v) is 9.11. The van der Waals surface area contributed by atoms with Crippen molar-refractivity contribution >= 4 is 12.0 Å². The topological polar surface area (TPSA) is 32.3 Å². The van der Waals surface area contributed by atoms with Crippen molar-refractivity contribution in [1.82, 2.24) is 10.2 Å². The third kappa shape index (κ3) is 5.57. The number of rotatable bonds is 6. The molecule has 1 aliphatic rings. The van der Waals surface area contributed by atoms with Crippen LogP contribution in [0.2, 0.25) is 0 Å². The predicted octanol–water partition coefficient (Wildman–Crippen LogP) is 4.00. The lowest BCUT2D eigenvalue weighted by Gasteiger charge is -2.27. The minimum atomic E-state index is -0.0587. The number of hydrogen-bond donors (Lipinski definition) is 1. The first-order valence-electron chi connectivity index (χ1n) is 9.11. The summed E-state index contributed by atoms with van der Waals surface area (Å²) in [5, 5.41) is 3.00. The summed E-state index contributed by atoms with van der Waals surface area (Å²) in [4.78, 5) is 14.6. The highest BCUT2D eigenvalue weighted by molar-refractivity contribution is 5.91. The van der Waals surface area contributed by atoms with Gasteiger partial charge in [-0.2, -0.15) is 0 Å². The summed E-state index contributed by atoms with van der Waals surface area (Å²) in [6.07, 6.45) is 7.38. The summed E-state index contributed by atoms with van der Waals surface area (Å²) in [6.45, 7) is 3.91. The molecule has 3 nitrogen and oxygen atoms in total. The zero-order valence-corrected chi connectivity index (χ0v) is 14.7. The number of piperidine rings is 1. The zero-order valence-electron chi connectivity index (χ0n) is 14.7. The Morgan fingerprint density at radius 1 is 0.920 bits per heavy atom. The molecule has 0 aromatic heterocycles. The number of amides is 1. The second kappa shape index (κ2) is 9.19. The van der Waals surface area contributed by atoms with Gasteiger partial charge in [-0.3, -0.25) is 9.69 Å². The van der Waals surface area contributed by atoms with E-state index in [1.165, 1.54) is 43.5 Å². The monoisotopic (exact) mass is 334 g/mol. The van der Waals surface area contributed by atoms with E-state index in [0.717, 1.165) is 12.1 Å². The van der Waals surface area contributed by atoms with Crippen LogP contribution in [-0.4, -0.2) is 23.9 Å². The normalized spacial score (nSPS) is 15.4. The number of carbonyl (C=O) groups excluding carboxylic acids is 1. The van der Waals surface area contributed by atoms with Crippen LogP contribution in [0, 0.1) is 0 Å². The first kappa shape index (κ1) is 17.4. The van der Waals surface area contributed by atoms with E-state index in [1.54, 1.807) is 6.08 Å². The molecule has 25 heavy (non-hydrogen) atoms. The Hall–Kier alpha value is -2.39. The first-order chi connectivity index (χ1) is 12.3. The molecule has 3 rings (SSSR count). The second-order valence-electron chi connectivity index (χ2n) is 6.57. The third-order valence-corrected chi connectivity index (χ3v) is 4.64. The average molecular weight is 334 g/mol. The Balaban J connectivity index is 1.55. The van der Waals surface area contributed by atoms with E-state index in [0.29, 0.717) is 6.54 Å². The maximum Gasteiger partial charge on any atom is 0.244 e. The molecule has 1 aliphatic heterocycles. The molecule has 0 saturated carbocycles. The van der Waals surface area contributed by atoms with Crippen LogP contribution < -0.4 is 5.32 Å². The van der Waals surface area contributed by atoms with E-state index >= 15 is 0 Å². The number of nitrogens with zero attached hydrogens (tertiary/aromatic N) is 1. The molecule has 2 aromatic rings. The molecule has 1 saturated heterocycles. The molecule has 0 radical (unpaired) electrons. The van der Waals surface area contributed by atoms with Crippen molar-refractivity contribution in [3.63, 3.8) is 0 Å². The van der Waals surface area contributed by atoms with Gasteiger partial charge in [0.25, 0.3) is 0 Å². The van der Waals surface area contributed by atoms with Gasteiger partial charge < -0.3 is 5.32 Å². The Kier molecular flexibility index (Phi) is 6.41. The van der Waals surface area contributed by atoms with Gasteiger partial charge >= 0.3 is 0 Å². The van der Waals surface area contributed by atoms with Gasteiger partial charge in [0, 0.05) is 19.2 Å². The Labute approximate surface area is 150 Å². The van der Waals surface area contributed by atoms with Crippen LogP contribution >= 0.6 is 0 Å². The standard InChI is InChI=1S/C22H26N2O/c25-22(14-13-19-9-3-1-4-10-19)23-17-20-11-5-6-12-21(20)18-24-15-7-2-8-16-24/h1,3-6,9-14H,2,7-8,15-18H2,(H,23,25)/b14-13+. The van der Waals surface area contributed by atoms with Crippen LogP contribution in [0.5, 0.6) is 0 Å². The number of likely N-dealkylation sites (tertiary alicyclic amines) is 1. The highest BCUT2D eigenvalue weighted by Crippen LogP contribution is 2.16. The minimum Gasteiger partial charge on any atom is -0.348 e. The summed E-state index contributed by atoms with van der Waals surface area (Å²) in [7, 11) is 0. The van der Waals surface area contributed by atoms with Crippen LogP contribution in [0.1, 0.15) is 36.0 Å². The summed E-state index contributed by atoms with van der Waals surface area (Å²) < 4.78 is 0. The van der Waals surface area contributed by atoms with E-state index in [-0.39, 0.29) is 5.91 Å². The molecule has 1 amide bonds. The van der Waals surface area contributed by atoms with Crippen molar-refractivity contribution < 1.29 is 4.79 Å². The number of nitrogens with one attached hydrogen (secondary N) is 1. The lowest BCUT2D eigenvalue weighted by molar-refractivity contribution is -0.116. The fraction of sp³-hybridized carbons (Fsp3) is 0.318. The Morgan fingerprint density at radius 3 is 2.36 bits per heavy atom. The minimum absolute atomic E-state index is 0.0587. The maximum atomic E-state index is 12.1. The molecule has 0 unspecified atom stereocenters. The van der Waals surface area contributed by atoms with Crippen molar-refractivity contribution in [3.8, 4) is 0 Å². The number of benzene rings is 2. The van der Waals surface area contributed by atoms with Crippen LogP contribution in [0.25, 0.3) is 6.08 Å². The SMILES string of the molecule is O=C(/C=C/c1ccccc1)NCc1ccccc1CN1CCCCC1. The molecule has 1 heterocycles. The molecule has 0 aliphatic carbocycles. The molecule has 2 aromatic carbocycles. The molecular formula is C22H26N2O. The van der Waals surface area contributed by atoms with Gasteiger partial charge in [0.1, 0.15) is 0 Å². The lowest BCUT2D eigenvalue weighted by atomic mass is 10.0. The van der Waals surface area contributed by atoms with Crippen molar-refractivity contribution in [2.24, 2.45) is 0 Å². The largest absolute Gasteiger partial charge is 0.348 e. The average Bonchev–Trinajstić information content (AvgIpc) is 2.67. The van der Waals surface area contributed by atoms with E-state index in [2.05, 4.69) is 28.4 Å². The fourth-order valence-corrected chi connectivity index (χ4v) is 3.22. The van der Waals surface area contributed by atoms with Crippen molar-refractivity contribution in [2.45, 2.75) is 32.4 Å². The Bertz CT molecular complexity index is 703. The molecule has 1 fully saturated rings. The summed E-state index contributed by atoms with van der Waals surface area (Å²) in [5.41, 5.74) is 3.55. The maximum absolute atomic E-state index is 12.1. The van der Waals surface area contributed by atoms with Crippen LogP contribution in [-0.2, 0) is 17.9 Å². The summed E-state index contributed by atoms with van der Waals surface area (Å²) in [5.74, 6) is -0.0587. The van der Waals surface area contributed by atoms with Crippen molar-refractivity contribution in [2.75, 3.05) is 13.1 Å². The number of hydrogen-bond acceptors (Lipinski definition) is 2. The fourth-order valence-electron chi connectivity index (χ4n) is 3.22. The summed E-state index contributed by atoms with van der Waals surface area (Å²) >= 11 is 0. The predicted molar refractivity (Wildman–Crippen MR) is 103 cm³/mol. The van der Waals surface area contributed by atoms with Crippen LogP contribution in [0.4, 0.5) is 0 Å². The van der Waals surface area contributed by atoms with Gasteiger partial charge in [0.2, 0.25) is 5.91 Å². The molecule has 0 spiro atoms. The van der Waals surface area contributed by atoms with Crippen molar-refractivity contribution in [1.29, 1.82) is 0 Å². The smallest absolute Gasteiger partial charge is 0.244 e. The second-order valence-corrected chi connectivity index (χ2v) is 6.57. The van der Waals surface area contributed by atoms with E-state index in [9.17, 15) is 4.79 Å². The molecule has 130 valence electrons. The molecule has 1 N–H and O–H groups in total.